The van der Waals surface area contributed by atoms with Gasteiger partial charge in [-0.2, -0.15) is 0 Å². The van der Waals surface area contributed by atoms with Crippen LogP contribution in [-0.2, 0) is 22.6 Å². The van der Waals surface area contributed by atoms with Crippen molar-refractivity contribution in [2.45, 2.75) is 13.0 Å². The van der Waals surface area contributed by atoms with Crippen LogP contribution in [0.25, 0.3) is 0 Å². The summed E-state index contributed by atoms with van der Waals surface area (Å²) in [6.07, 6.45) is 0.0409. The number of piperazine rings is 1. The number of carbonyl (C=O) groups excluding carboxylic acids is 2. The van der Waals surface area contributed by atoms with Gasteiger partial charge in [-0.3, -0.25) is 14.5 Å². The fourth-order valence-corrected chi connectivity index (χ4v) is 3.63. The SMILES string of the molecule is O=C(Cc1cccc(F)c1)NCC(=O)N1CCN(Cc2cccc(Cl)c2Cl)CC1. The second-order valence-corrected chi connectivity index (χ2v) is 7.74. The maximum atomic E-state index is 13.2. The average Bonchev–Trinajstić information content (AvgIpc) is 2.70. The van der Waals surface area contributed by atoms with Gasteiger partial charge in [0.1, 0.15) is 5.82 Å². The molecule has 154 valence electrons. The van der Waals surface area contributed by atoms with Gasteiger partial charge < -0.3 is 10.2 Å². The molecule has 0 bridgehead atoms. The van der Waals surface area contributed by atoms with E-state index < -0.39 is 0 Å². The molecule has 8 heteroatoms. The van der Waals surface area contributed by atoms with Crippen molar-refractivity contribution in [3.63, 3.8) is 0 Å². The molecule has 1 aliphatic rings. The lowest BCUT2D eigenvalue weighted by molar-refractivity contribution is -0.134. The Hall–Kier alpha value is -2.15. The third-order valence-corrected chi connectivity index (χ3v) is 5.70. The summed E-state index contributed by atoms with van der Waals surface area (Å²) in [6.45, 7) is 3.20. The van der Waals surface area contributed by atoms with Crippen molar-refractivity contribution in [1.82, 2.24) is 15.1 Å². The first-order valence-electron chi connectivity index (χ1n) is 9.36. The van der Waals surface area contributed by atoms with Gasteiger partial charge in [-0.05, 0) is 29.3 Å². The topological polar surface area (TPSA) is 52.7 Å². The Labute approximate surface area is 179 Å². The Bertz CT molecular complexity index is 886. The van der Waals surface area contributed by atoms with Crippen LogP contribution >= 0.6 is 23.2 Å². The molecule has 2 amide bonds. The molecular weight excluding hydrogens is 416 g/mol. The van der Waals surface area contributed by atoms with Crippen molar-refractivity contribution in [1.29, 1.82) is 0 Å². The minimum absolute atomic E-state index is 0.0409. The van der Waals surface area contributed by atoms with Crippen LogP contribution in [0.15, 0.2) is 42.5 Å². The highest BCUT2D eigenvalue weighted by Crippen LogP contribution is 2.26. The van der Waals surface area contributed by atoms with Gasteiger partial charge in [0.15, 0.2) is 0 Å². The van der Waals surface area contributed by atoms with Crippen molar-refractivity contribution in [3.05, 3.63) is 69.5 Å². The van der Waals surface area contributed by atoms with Gasteiger partial charge >= 0.3 is 0 Å². The minimum atomic E-state index is -0.386. The van der Waals surface area contributed by atoms with Crippen LogP contribution in [0.4, 0.5) is 4.39 Å². The number of hydrogen-bond donors (Lipinski definition) is 1. The number of nitrogens with one attached hydrogen (secondary N) is 1. The van der Waals surface area contributed by atoms with Crippen LogP contribution in [0, 0.1) is 5.82 Å². The molecule has 2 aromatic carbocycles. The minimum Gasteiger partial charge on any atom is -0.347 e. The number of carbonyl (C=O) groups is 2. The van der Waals surface area contributed by atoms with Crippen LogP contribution in [0.1, 0.15) is 11.1 Å². The maximum absolute atomic E-state index is 13.2. The third kappa shape index (κ3) is 6.16. The van der Waals surface area contributed by atoms with Gasteiger partial charge in [0.2, 0.25) is 11.8 Å². The number of benzene rings is 2. The summed E-state index contributed by atoms with van der Waals surface area (Å²) in [5, 5.41) is 3.71. The van der Waals surface area contributed by atoms with E-state index in [0.717, 1.165) is 5.56 Å². The molecule has 0 atom stereocenters. The lowest BCUT2D eigenvalue weighted by Gasteiger charge is -2.35. The van der Waals surface area contributed by atoms with Crippen LogP contribution in [0.2, 0.25) is 10.0 Å². The lowest BCUT2D eigenvalue weighted by atomic mass is 10.1. The van der Waals surface area contributed by atoms with Crippen molar-refractivity contribution >= 4 is 35.0 Å². The normalized spacial score (nSPS) is 14.7. The van der Waals surface area contributed by atoms with E-state index in [4.69, 9.17) is 23.2 Å². The summed E-state index contributed by atoms with van der Waals surface area (Å²) in [7, 11) is 0. The molecule has 1 fully saturated rings. The first kappa shape index (κ1) is 21.6. The van der Waals surface area contributed by atoms with Crippen LogP contribution in [0.3, 0.4) is 0 Å². The summed E-state index contributed by atoms with van der Waals surface area (Å²) in [5.41, 5.74) is 1.53. The second kappa shape index (κ2) is 10.1. The highest BCUT2D eigenvalue weighted by molar-refractivity contribution is 6.42. The van der Waals surface area contributed by atoms with E-state index in [-0.39, 0.29) is 30.6 Å². The smallest absolute Gasteiger partial charge is 0.242 e. The Balaban J connectivity index is 1.41. The number of halogens is 3. The summed E-state index contributed by atoms with van der Waals surface area (Å²) in [4.78, 5) is 28.3. The number of amides is 2. The predicted octanol–water partition coefficient (Wildman–Crippen LogP) is 3.14. The van der Waals surface area contributed by atoms with Crippen molar-refractivity contribution < 1.29 is 14.0 Å². The van der Waals surface area contributed by atoms with Gasteiger partial charge in [-0.15, -0.1) is 0 Å². The molecule has 5 nitrogen and oxygen atoms in total. The van der Waals surface area contributed by atoms with Gasteiger partial charge in [0.25, 0.3) is 0 Å². The molecule has 1 N–H and O–H groups in total. The molecule has 1 aliphatic heterocycles. The first-order chi connectivity index (χ1) is 13.9. The zero-order valence-electron chi connectivity index (χ0n) is 15.8. The molecule has 0 radical (unpaired) electrons. The standard InChI is InChI=1S/C21H22Cl2FN3O2/c22-18-6-2-4-16(21(18)23)14-26-7-9-27(10-8-26)20(29)13-25-19(28)12-15-3-1-5-17(24)11-15/h1-6,11H,7-10,12-14H2,(H,25,28). The van der Waals surface area contributed by atoms with Gasteiger partial charge in [-0.25, -0.2) is 4.39 Å². The Morgan fingerprint density at radius 1 is 1.03 bits per heavy atom. The maximum Gasteiger partial charge on any atom is 0.242 e. The summed E-state index contributed by atoms with van der Waals surface area (Å²) in [6, 6.07) is 11.4. The fourth-order valence-electron chi connectivity index (χ4n) is 3.25. The molecule has 0 saturated carbocycles. The number of hydrogen-bond acceptors (Lipinski definition) is 3. The largest absolute Gasteiger partial charge is 0.347 e. The van der Waals surface area contributed by atoms with Gasteiger partial charge in [0.05, 0.1) is 23.0 Å². The molecular formula is C21H22Cl2FN3O2. The highest BCUT2D eigenvalue weighted by atomic mass is 35.5. The lowest BCUT2D eigenvalue weighted by Crippen LogP contribution is -2.51. The highest BCUT2D eigenvalue weighted by Gasteiger charge is 2.22. The van der Waals surface area contributed by atoms with Crippen LogP contribution in [-0.4, -0.2) is 54.3 Å². The van der Waals surface area contributed by atoms with Crippen molar-refractivity contribution in [2.75, 3.05) is 32.7 Å². The van der Waals surface area contributed by atoms with E-state index in [9.17, 15) is 14.0 Å². The average molecular weight is 438 g/mol. The monoisotopic (exact) mass is 437 g/mol. The Kier molecular flexibility index (Phi) is 7.47. The van der Waals surface area contributed by atoms with Crippen LogP contribution in [0.5, 0.6) is 0 Å². The number of nitrogens with zero attached hydrogens (tertiary/aromatic N) is 2. The van der Waals surface area contributed by atoms with Crippen LogP contribution < -0.4 is 5.32 Å². The van der Waals surface area contributed by atoms with E-state index in [1.807, 2.05) is 12.1 Å². The zero-order chi connectivity index (χ0) is 20.8. The molecule has 3 rings (SSSR count). The van der Waals surface area contributed by atoms with E-state index in [2.05, 4.69) is 10.2 Å². The van der Waals surface area contributed by atoms with E-state index in [0.29, 0.717) is 48.3 Å². The van der Waals surface area contributed by atoms with Gasteiger partial charge in [-0.1, -0.05) is 47.5 Å². The summed E-state index contributed by atoms with van der Waals surface area (Å²) in [5.74, 6) is -0.820. The third-order valence-electron chi connectivity index (χ3n) is 4.84. The zero-order valence-corrected chi connectivity index (χ0v) is 17.3. The van der Waals surface area contributed by atoms with Crippen molar-refractivity contribution in [2.24, 2.45) is 0 Å². The summed E-state index contributed by atoms with van der Waals surface area (Å²) >= 11 is 12.3. The Morgan fingerprint density at radius 2 is 1.76 bits per heavy atom. The first-order valence-corrected chi connectivity index (χ1v) is 10.1. The Morgan fingerprint density at radius 3 is 2.48 bits per heavy atom. The second-order valence-electron chi connectivity index (χ2n) is 6.95. The van der Waals surface area contributed by atoms with Crippen molar-refractivity contribution in [3.8, 4) is 0 Å². The molecule has 1 saturated heterocycles. The summed E-state index contributed by atoms with van der Waals surface area (Å²) < 4.78 is 13.2. The molecule has 1 heterocycles. The van der Waals surface area contributed by atoms with E-state index in [1.165, 1.54) is 12.1 Å². The molecule has 2 aromatic rings. The van der Waals surface area contributed by atoms with E-state index >= 15 is 0 Å². The number of rotatable bonds is 6. The molecule has 0 spiro atoms. The fraction of sp³-hybridized carbons (Fsp3) is 0.333. The predicted molar refractivity (Wildman–Crippen MR) is 111 cm³/mol. The molecule has 0 aliphatic carbocycles. The molecule has 0 unspecified atom stereocenters. The van der Waals surface area contributed by atoms with E-state index in [1.54, 1.807) is 23.1 Å². The molecule has 29 heavy (non-hydrogen) atoms. The van der Waals surface area contributed by atoms with Gasteiger partial charge in [0, 0.05) is 32.7 Å². The molecule has 0 aromatic heterocycles. The quantitative estimate of drug-likeness (QED) is 0.754.